The van der Waals surface area contributed by atoms with Crippen molar-refractivity contribution >= 4 is 34.1 Å². The number of nitrogens with zero attached hydrogens (tertiary/aromatic N) is 6. The fraction of sp³-hybridized carbons (Fsp3) is 0.419. The summed E-state index contributed by atoms with van der Waals surface area (Å²) >= 11 is 0. The average molecular weight is 573 g/mol. The van der Waals surface area contributed by atoms with Crippen molar-refractivity contribution in [3.8, 4) is 11.8 Å². The van der Waals surface area contributed by atoms with Gasteiger partial charge in [-0.3, -0.25) is 14.5 Å². The van der Waals surface area contributed by atoms with Crippen LogP contribution in [0.1, 0.15) is 22.5 Å². The molecule has 3 aromatic rings. The zero-order valence-electron chi connectivity index (χ0n) is 23.7. The summed E-state index contributed by atoms with van der Waals surface area (Å²) in [6.07, 6.45) is 2.68. The first kappa shape index (κ1) is 27.9. The fourth-order valence-electron chi connectivity index (χ4n) is 5.91. The number of phenols is 1. The van der Waals surface area contributed by atoms with Gasteiger partial charge < -0.3 is 29.3 Å². The Morgan fingerprint density at radius 2 is 1.83 bits per heavy atom. The van der Waals surface area contributed by atoms with Gasteiger partial charge in [-0.25, -0.2) is 0 Å². The van der Waals surface area contributed by atoms with Gasteiger partial charge in [0, 0.05) is 69.4 Å². The molecule has 1 aromatic heterocycles. The summed E-state index contributed by atoms with van der Waals surface area (Å²) in [5, 5.41) is 12.2. The highest BCUT2D eigenvalue weighted by Gasteiger charge is 2.34. The number of phenolic OH excluding ortho intramolecular Hbond substituents is 1. The van der Waals surface area contributed by atoms with Gasteiger partial charge in [0.2, 0.25) is 5.91 Å². The maximum Gasteiger partial charge on any atom is 0.319 e. The highest BCUT2D eigenvalue weighted by molar-refractivity contribution is 6.12. The topological polar surface area (TPSA) is 112 Å². The summed E-state index contributed by atoms with van der Waals surface area (Å²) in [4.78, 5) is 43.6. The van der Waals surface area contributed by atoms with Crippen LogP contribution in [0.2, 0.25) is 0 Å². The van der Waals surface area contributed by atoms with E-state index in [1.165, 1.54) is 6.08 Å². The summed E-state index contributed by atoms with van der Waals surface area (Å²) in [5.41, 5.74) is 1.74. The number of aromatic hydroxyl groups is 1. The van der Waals surface area contributed by atoms with E-state index in [1.807, 2.05) is 24.3 Å². The molecular weight excluding hydrogens is 536 g/mol. The van der Waals surface area contributed by atoms with Gasteiger partial charge in [0.15, 0.2) is 0 Å². The van der Waals surface area contributed by atoms with Gasteiger partial charge in [-0.2, -0.15) is 9.97 Å². The van der Waals surface area contributed by atoms with Crippen LogP contribution in [0.5, 0.6) is 11.8 Å². The third-order valence-electron chi connectivity index (χ3n) is 8.13. The molecule has 11 nitrogen and oxygen atoms in total. The summed E-state index contributed by atoms with van der Waals surface area (Å²) in [6, 6.07) is 11.2. The number of carbonyl (C=O) groups excluding carboxylic acids is 2. The lowest BCUT2D eigenvalue weighted by molar-refractivity contribution is -0.126. The number of morpholine rings is 1. The number of fused-ring (bicyclic) bond motifs is 2. The van der Waals surface area contributed by atoms with Crippen LogP contribution in [-0.4, -0.2) is 109 Å². The molecule has 6 rings (SSSR count). The van der Waals surface area contributed by atoms with Crippen molar-refractivity contribution in [3.63, 3.8) is 0 Å². The zero-order valence-corrected chi connectivity index (χ0v) is 23.7. The summed E-state index contributed by atoms with van der Waals surface area (Å²) in [5.74, 6) is 0.437. The minimum atomic E-state index is -0.255. The van der Waals surface area contributed by atoms with Gasteiger partial charge in [0.25, 0.3) is 5.91 Å². The summed E-state index contributed by atoms with van der Waals surface area (Å²) < 4.78 is 11.5. The summed E-state index contributed by atoms with van der Waals surface area (Å²) in [6.45, 7) is 10.9. The first-order valence-electron chi connectivity index (χ1n) is 14.6. The minimum absolute atomic E-state index is 0.0900. The smallest absolute Gasteiger partial charge is 0.319 e. The number of anilines is 2. The quantitative estimate of drug-likeness (QED) is 0.321. The second kappa shape index (κ2) is 12.3. The predicted molar refractivity (Wildman–Crippen MR) is 159 cm³/mol. The van der Waals surface area contributed by atoms with Crippen LogP contribution in [0, 0.1) is 0 Å². The van der Waals surface area contributed by atoms with E-state index >= 15 is 0 Å². The molecular formula is C31H36N6O5. The molecule has 3 aliphatic heterocycles. The molecule has 4 heterocycles. The number of carbonyl (C=O) groups is 2. The molecule has 42 heavy (non-hydrogen) atoms. The lowest BCUT2D eigenvalue weighted by Crippen LogP contribution is -2.49. The normalized spacial score (nSPS) is 17.8. The molecule has 0 spiro atoms. The van der Waals surface area contributed by atoms with Gasteiger partial charge in [0.1, 0.15) is 17.3 Å². The highest BCUT2D eigenvalue weighted by atomic mass is 16.5. The third kappa shape index (κ3) is 5.75. The van der Waals surface area contributed by atoms with Crippen LogP contribution in [-0.2, 0) is 16.0 Å². The molecule has 11 heteroatoms. The SMILES string of the molecule is C=CC(=O)N1CCN(c2nc(OCCCN3CCOCC3)nc3c2CCN(c2cc(O)cc4ccccc24)C3=O)CC1. The van der Waals surface area contributed by atoms with Crippen LogP contribution in [0.4, 0.5) is 11.5 Å². The number of piperazine rings is 1. The minimum Gasteiger partial charge on any atom is -0.508 e. The molecule has 220 valence electrons. The number of hydrogen-bond donors (Lipinski definition) is 1. The van der Waals surface area contributed by atoms with Crippen LogP contribution in [0.25, 0.3) is 10.8 Å². The van der Waals surface area contributed by atoms with Crippen LogP contribution in [0.3, 0.4) is 0 Å². The average Bonchev–Trinajstić information content (AvgIpc) is 3.03. The van der Waals surface area contributed by atoms with E-state index in [2.05, 4.69) is 21.4 Å². The number of benzene rings is 2. The molecule has 2 saturated heterocycles. The van der Waals surface area contributed by atoms with E-state index in [1.54, 1.807) is 21.9 Å². The van der Waals surface area contributed by atoms with Crippen LogP contribution < -0.4 is 14.5 Å². The molecule has 0 saturated carbocycles. The van der Waals surface area contributed by atoms with E-state index < -0.39 is 0 Å². The van der Waals surface area contributed by atoms with Crippen LogP contribution in [0.15, 0.2) is 49.1 Å². The van der Waals surface area contributed by atoms with Crippen molar-refractivity contribution in [1.82, 2.24) is 19.8 Å². The van der Waals surface area contributed by atoms with Crippen molar-refractivity contribution in [2.75, 3.05) is 82.0 Å². The molecule has 0 bridgehead atoms. The number of rotatable bonds is 8. The number of aromatic nitrogens is 2. The lowest BCUT2D eigenvalue weighted by Gasteiger charge is -2.37. The van der Waals surface area contributed by atoms with E-state index in [-0.39, 0.29) is 23.6 Å². The Bertz CT molecular complexity index is 1480. The van der Waals surface area contributed by atoms with Crippen molar-refractivity contribution in [1.29, 1.82) is 0 Å². The molecule has 0 atom stereocenters. The monoisotopic (exact) mass is 572 g/mol. The predicted octanol–water partition coefficient (Wildman–Crippen LogP) is 2.47. The van der Waals surface area contributed by atoms with Gasteiger partial charge in [0.05, 0.1) is 25.5 Å². The van der Waals surface area contributed by atoms with Crippen molar-refractivity contribution in [3.05, 3.63) is 60.3 Å². The second-order valence-electron chi connectivity index (χ2n) is 10.7. The number of ether oxygens (including phenoxy) is 2. The molecule has 3 aliphatic rings. The Labute approximate surface area is 244 Å². The molecule has 1 N–H and O–H groups in total. The fourth-order valence-corrected chi connectivity index (χ4v) is 5.91. The van der Waals surface area contributed by atoms with Gasteiger partial charge >= 0.3 is 6.01 Å². The van der Waals surface area contributed by atoms with Gasteiger partial charge in [-0.05, 0) is 30.4 Å². The third-order valence-corrected chi connectivity index (χ3v) is 8.13. The Morgan fingerprint density at radius 1 is 1.05 bits per heavy atom. The largest absolute Gasteiger partial charge is 0.508 e. The molecule has 0 aliphatic carbocycles. The van der Waals surface area contributed by atoms with E-state index in [4.69, 9.17) is 14.5 Å². The highest BCUT2D eigenvalue weighted by Crippen LogP contribution is 2.36. The molecule has 2 aromatic carbocycles. The maximum absolute atomic E-state index is 14.1. The maximum atomic E-state index is 14.1. The first-order chi connectivity index (χ1) is 20.5. The molecule has 2 fully saturated rings. The number of amides is 2. The Balaban J connectivity index is 1.28. The van der Waals surface area contributed by atoms with E-state index in [0.29, 0.717) is 63.0 Å². The van der Waals surface area contributed by atoms with Crippen LogP contribution >= 0.6 is 0 Å². The van der Waals surface area contributed by atoms with E-state index in [9.17, 15) is 14.7 Å². The Hall–Kier alpha value is -4.22. The van der Waals surface area contributed by atoms with Crippen molar-refractivity contribution < 1.29 is 24.2 Å². The van der Waals surface area contributed by atoms with Crippen molar-refractivity contribution in [2.45, 2.75) is 12.8 Å². The van der Waals surface area contributed by atoms with Gasteiger partial charge in [-0.15, -0.1) is 0 Å². The Morgan fingerprint density at radius 3 is 2.62 bits per heavy atom. The number of hydrogen-bond acceptors (Lipinski definition) is 9. The first-order valence-corrected chi connectivity index (χ1v) is 14.6. The lowest BCUT2D eigenvalue weighted by atomic mass is 10.0. The Kier molecular flexibility index (Phi) is 8.20. The molecule has 2 amide bonds. The molecule has 0 radical (unpaired) electrons. The second-order valence-corrected chi connectivity index (χ2v) is 10.7. The molecule has 0 unspecified atom stereocenters. The van der Waals surface area contributed by atoms with E-state index in [0.717, 1.165) is 55.6 Å². The zero-order chi connectivity index (χ0) is 29.1. The van der Waals surface area contributed by atoms with Gasteiger partial charge in [-0.1, -0.05) is 30.8 Å². The van der Waals surface area contributed by atoms with Crippen molar-refractivity contribution in [2.24, 2.45) is 0 Å². The standard InChI is InChI=1S/C31H36N6O5/c1-2-27(39)35-11-13-36(14-12-35)29-25-8-10-37(26-21-23(38)20-22-6-3-4-7-24(22)26)30(40)28(25)32-31(33-29)42-17-5-9-34-15-18-41-19-16-34/h2-4,6-7,20-21,38H,1,5,8-19H2. The summed E-state index contributed by atoms with van der Waals surface area (Å²) in [7, 11) is 0.